The monoisotopic (exact) mass is 280 g/mol. The number of H-pyrrole nitrogens is 1. The van der Waals surface area contributed by atoms with Crippen LogP contribution >= 0.6 is 0 Å². The minimum Gasteiger partial charge on any atom is -0.408 e. The average Bonchev–Trinajstić information content (AvgIpc) is 2.63. The fourth-order valence-electron chi connectivity index (χ4n) is 2.19. The zero-order valence-electron chi connectivity index (χ0n) is 11.9. The van der Waals surface area contributed by atoms with E-state index in [9.17, 15) is 9.90 Å². The number of aromatic nitrogens is 1. The van der Waals surface area contributed by atoms with Crippen molar-refractivity contribution in [1.29, 1.82) is 0 Å². The van der Waals surface area contributed by atoms with Gasteiger partial charge in [0.15, 0.2) is 5.58 Å². The quantitative estimate of drug-likeness (QED) is 0.592. The molecule has 2 aromatic rings. The van der Waals surface area contributed by atoms with Gasteiger partial charge in [-0.05, 0) is 27.1 Å². The third-order valence-electron chi connectivity index (χ3n) is 2.91. The maximum absolute atomic E-state index is 11.1. The topological polar surface area (TPSA) is 108 Å². The zero-order chi connectivity index (χ0) is 14.9. The SMILES string of the molecule is CN(C)CC(C)(O)CNc1cc2[nH]c(=O)oc2cc1N. The van der Waals surface area contributed by atoms with Crippen LogP contribution < -0.4 is 16.8 Å². The van der Waals surface area contributed by atoms with Crippen LogP contribution in [-0.2, 0) is 0 Å². The van der Waals surface area contributed by atoms with Crippen LogP contribution in [0.25, 0.3) is 11.1 Å². The predicted molar refractivity (Wildman–Crippen MR) is 78.9 cm³/mol. The molecule has 0 aliphatic carbocycles. The molecule has 0 fully saturated rings. The number of oxazole rings is 1. The van der Waals surface area contributed by atoms with E-state index in [1.807, 2.05) is 19.0 Å². The van der Waals surface area contributed by atoms with Gasteiger partial charge in [-0.15, -0.1) is 0 Å². The van der Waals surface area contributed by atoms with E-state index in [-0.39, 0.29) is 0 Å². The second-order valence-corrected chi connectivity index (χ2v) is 5.54. The van der Waals surface area contributed by atoms with Crippen molar-refractivity contribution in [1.82, 2.24) is 9.88 Å². The van der Waals surface area contributed by atoms with Crippen LogP contribution in [0.15, 0.2) is 21.3 Å². The van der Waals surface area contributed by atoms with Gasteiger partial charge in [0, 0.05) is 19.2 Å². The van der Waals surface area contributed by atoms with Crippen LogP contribution in [0.1, 0.15) is 6.92 Å². The van der Waals surface area contributed by atoms with Crippen molar-refractivity contribution >= 4 is 22.5 Å². The van der Waals surface area contributed by atoms with Gasteiger partial charge in [0.2, 0.25) is 0 Å². The number of hydrogen-bond acceptors (Lipinski definition) is 6. The Morgan fingerprint density at radius 3 is 2.85 bits per heavy atom. The highest BCUT2D eigenvalue weighted by Crippen LogP contribution is 2.24. The van der Waals surface area contributed by atoms with E-state index in [1.54, 1.807) is 19.1 Å². The molecule has 20 heavy (non-hydrogen) atoms. The van der Waals surface area contributed by atoms with Crippen LogP contribution in [0.4, 0.5) is 11.4 Å². The van der Waals surface area contributed by atoms with Gasteiger partial charge in [-0.2, -0.15) is 0 Å². The highest BCUT2D eigenvalue weighted by Gasteiger charge is 2.21. The van der Waals surface area contributed by atoms with E-state index in [4.69, 9.17) is 10.2 Å². The molecule has 110 valence electrons. The first kappa shape index (κ1) is 14.4. The molecule has 0 amide bonds. The average molecular weight is 280 g/mol. The third kappa shape index (κ3) is 3.31. The first-order valence-corrected chi connectivity index (χ1v) is 6.30. The molecule has 7 heteroatoms. The number of rotatable bonds is 5. The number of nitrogens with one attached hydrogen (secondary N) is 2. The Kier molecular flexibility index (Phi) is 3.74. The number of aliphatic hydroxyl groups is 1. The molecule has 1 aromatic carbocycles. The van der Waals surface area contributed by atoms with Crippen molar-refractivity contribution in [2.45, 2.75) is 12.5 Å². The van der Waals surface area contributed by atoms with Gasteiger partial charge >= 0.3 is 5.76 Å². The number of aromatic amines is 1. The van der Waals surface area contributed by atoms with Crippen molar-refractivity contribution in [2.24, 2.45) is 0 Å². The highest BCUT2D eigenvalue weighted by atomic mass is 16.4. The minimum absolute atomic E-state index is 0.336. The largest absolute Gasteiger partial charge is 0.417 e. The smallest absolute Gasteiger partial charge is 0.408 e. The van der Waals surface area contributed by atoms with Crippen LogP contribution in [0.3, 0.4) is 0 Å². The van der Waals surface area contributed by atoms with Gasteiger partial charge in [-0.25, -0.2) is 4.79 Å². The molecule has 2 rings (SSSR count). The lowest BCUT2D eigenvalue weighted by Gasteiger charge is -2.27. The molecule has 0 saturated heterocycles. The van der Waals surface area contributed by atoms with E-state index in [2.05, 4.69) is 10.3 Å². The molecule has 1 aromatic heterocycles. The number of benzene rings is 1. The van der Waals surface area contributed by atoms with E-state index in [1.165, 1.54) is 0 Å². The number of nitrogens with two attached hydrogens (primary N) is 1. The molecular formula is C13H20N4O3. The second-order valence-electron chi connectivity index (χ2n) is 5.54. The van der Waals surface area contributed by atoms with Crippen LogP contribution in [-0.4, -0.2) is 47.8 Å². The van der Waals surface area contributed by atoms with E-state index in [0.717, 1.165) is 0 Å². The Morgan fingerprint density at radius 1 is 1.50 bits per heavy atom. The summed E-state index contributed by atoms with van der Waals surface area (Å²) in [5.41, 5.74) is 7.09. The Bertz CT molecular complexity index is 657. The van der Waals surface area contributed by atoms with E-state index in [0.29, 0.717) is 35.6 Å². The molecule has 0 spiro atoms. The molecule has 5 N–H and O–H groups in total. The molecule has 0 radical (unpaired) electrons. The van der Waals surface area contributed by atoms with Crippen molar-refractivity contribution in [3.63, 3.8) is 0 Å². The number of hydrogen-bond donors (Lipinski definition) is 4. The molecule has 1 unspecified atom stereocenters. The Morgan fingerprint density at radius 2 is 2.20 bits per heavy atom. The number of anilines is 2. The van der Waals surface area contributed by atoms with Crippen LogP contribution in [0.2, 0.25) is 0 Å². The number of nitrogen functional groups attached to an aromatic ring is 1. The van der Waals surface area contributed by atoms with Gasteiger partial charge in [-0.1, -0.05) is 0 Å². The molecule has 1 heterocycles. The fraction of sp³-hybridized carbons (Fsp3) is 0.462. The lowest BCUT2D eigenvalue weighted by molar-refractivity contribution is 0.0460. The first-order valence-electron chi connectivity index (χ1n) is 6.30. The van der Waals surface area contributed by atoms with Crippen molar-refractivity contribution in [3.05, 3.63) is 22.7 Å². The maximum atomic E-state index is 11.1. The summed E-state index contributed by atoms with van der Waals surface area (Å²) in [5.74, 6) is -0.517. The summed E-state index contributed by atoms with van der Waals surface area (Å²) < 4.78 is 4.93. The lowest BCUT2D eigenvalue weighted by atomic mass is 10.1. The van der Waals surface area contributed by atoms with E-state index >= 15 is 0 Å². The Labute approximate surface area is 116 Å². The summed E-state index contributed by atoms with van der Waals surface area (Å²) in [4.78, 5) is 15.6. The number of nitrogens with zero attached hydrogens (tertiary/aromatic N) is 1. The number of fused-ring (bicyclic) bond motifs is 1. The summed E-state index contributed by atoms with van der Waals surface area (Å²) in [5, 5.41) is 13.3. The van der Waals surface area contributed by atoms with Crippen LogP contribution in [0, 0.1) is 0 Å². The molecule has 0 aliphatic rings. The molecule has 0 bridgehead atoms. The standard InChI is InChI=1S/C13H20N4O3/c1-13(19,7-17(2)3)6-15-9-5-10-11(4-8(9)14)20-12(18)16-10/h4-5,15,19H,6-7,14H2,1-3H3,(H,16,18). The van der Waals surface area contributed by atoms with Crippen molar-refractivity contribution in [2.75, 3.05) is 38.2 Å². The van der Waals surface area contributed by atoms with Gasteiger partial charge in [0.1, 0.15) is 0 Å². The minimum atomic E-state index is -0.894. The molecule has 1 atom stereocenters. The fourth-order valence-corrected chi connectivity index (χ4v) is 2.19. The lowest BCUT2D eigenvalue weighted by Crippen LogP contribution is -2.43. The van der Waals surface area contributed by atoms with Crippen molar-refractivity contribution < 1.29 is 9.52 Å². The van der Waals surface area contributed by atoms with Gasteiger partial charge in [0.25, 0.3) is 0 Å². The molecular weight excluding hydrogens is 260 g/mol. The summed E-state index contributed by atoms with van der Waals surface area (Å²) >= 11 is 0. The summed E-state index contributed by atoms with van der Waals surface area (Å²) in [6, 6.07) is 3.28. The third-order valence-corrected chi connectivity index (χ3v) is 2.91. The summed E-state index contributed by atoms with van der Waals surface area (Å²) in [6.07, 6.45) is 0. The van der Waals surface area contributed by atoms with Gasteiger partial charge < -0.3 is 25.5 Å². The van der Waals surface area contributed by atoms with Crippen LogP contribution in [0.5, 0.6) is 0 Å². The summed E-state index contributed by atoms with van der Waals surface area (Å²) in [7, 11) is 3.79. The molecule has 0 saturated carbocycles. The van der Waals surface area contributed by atoms with E-state index < -0.39 is 11.4 Å². The number of likely N-dealkylation sites (N-methyl/N-ethyl adjacent to an activating group) is 1. The molecule has 0 aliphatic heterocycles. The Hall–Kier alpha value is -1.99. The molecule has 7 nitrogen and oxygen atoms in total. The second kappa shape index (κ2) is 5.18. The van der Waals surface area contributed by atoms with Crippen molar-refractivity contribution in [3.8, 4) is 0 Å². The Balaban J connectivity index is 2.17. The zero-order valence-corrected chi connectivity index (χ0v) is 11.9. The van der Waals surface area contributed by atoms with Gasteiger partial charge in [0.05, 0.1) is 22.5 Å². The normalized spacial score (nSPS) is 14.7. The predicted octanol–water partition coefficient (Wildman–Crippen LogP) is 0.428. The highest BCUT2D eigenvalue weighted by molar-refractivity contribution is 5.85. The van der Waals surface area contributed by atoms with Gasteiger partial charge in [-0.3, -0.25) is 4.98 Å². The maximum Gasteiger partial charge on any atom is 0.417 e. The summed E-state index contributed by atoms with van der Waals surface area (Å²) in [6.45, 7) is 2.60. The first-order chi connectivity index (χ1) is 9.27.